The normalized spacial score (nSPS) is 11.2. The summed E-state index contributed by atoms with van der Waals surface area (Å²) in [4.78, 5) is 0. The van der Waals surface area contributed by atoms with E-state index in [1.807, 2.05) is 5.48 Å². The highest BCUT2D eigenvalue weighted by Crippen LogP contribution is 1.74. The maximum absolute atomic E-state index is 8.18. The van der Waals surface area contributed by atoms with Crippen molar-refractivity contribution in [2.24, 2.45) is 5.10 Å². The third-order valence-corrected chi connectivity index (χ3v) is 0.512. The standard InChI is InChI=1S/C4H11N3O/c1-4(6-8)5-7(2)3/h8H,1-3H3,(H,5,6). The molecule has 0 unspecified atom stereocenters. The molecule has 0 heterocycles. The number of hydrogen-bond acceptors (Lipinski definition) is 3. The maximum atomic E-state index is 8.18. The molecule has 0 aliphatic heterocycles. The minimum absolute atomic E-state index is 0.481. The zero-order chi connectivity index (χ0) is 6.57. The molecule has 48 valence electrons. The fourth-order valence-electron chi connectivity index (χ4n) is 0.322. The van der Waals surface area contributed by atoms with Crippen molar-refractivity contribution >= 4 is 5.84 Å². The van der Waals surface area contributed by atoms with Crippen LogP contribution in [0, 0.1) is 0 Å². The molecule has 0 spiro atoms. The van der Waals surface area contributed by atoms with Crippen LogP contribution in [0.3, 0.4) is 0 Å². The molecule has 2 N–H and O–H groups in total. The topological polar surface area (TPSA) is 47.9 Å². The Morgan fingerprint density at radius 2 is 2.12 bits per heavy atom. The lowest BCUT2D eigenvalue weighted by Gasteiger charge is -2.04. The molecule has 0 aliphatic rings. The van der Waals surface area contributed by atoms with Crippen molar-refractivity contribution in [3.8, 4) is 0 Å². The number of hydrazone groups is 1. The molecule has 0 aromatic carbocycles. The molecule has 0 saturated heterocycles. The van der Waals surface area contributed by atoms with Crippen LogP contribution in [0.2, 0.25) is 0 Å². The van der Waals surface area contributed by atoms with Crippen LogP contribution >= 0.6 is 0 Å². The van der Waals surface area contributed by atoms with E-state index >= 15 is 0 Å². The van der Waals surface area contributed by atoms with E-state index in [9.17, 15) is 0 Å². The van der Waals surface area contributed by atoms with E-state index in [1.54, 1.807) is 26.0 Å². The summed E-state index contributed by atoms with van der Waals surface area (Å²) in [5, 5.41) is 13.6. The Kier molecular flexibility index (Phi) is 2.95. The van der Waals surface area contributed by atoms with Crippen LogP contribution in [0.4, 0.5) is 0 Å². The van der Waals surface area contributed by atoms with E-state index in [4.69, 9.17) is 5.21 Å². The molecule has 8 heavy (non-hydrogen) atoms. The lowest BCUT2D eigenvalue weighted by atomic mass is 10.7. The molecule has 0 rings (SSSR count). The van der Waals surface area contributed by atoms with Gasteiger partial charge in [-0.2, -0.15) is 5.10 Å². The Morgan fingerprint density at radius 1 is 1.62 bits per heavy atom. The van der Waals surface area contributed by atoms with Gasteiger partial charge in [-0.15, -0.1) is 0 Å². The first-order valence-electron chi connectivity index (χ1n) is 2.29. The van der Waals surface area contributed by atoms with E-state index in [0.29, 0.717) is 5.84 Å². The van der Waals surface area contributed by atoms with Crippen molar-refractivity contribution < 1.29 is 5.21 Å². The van der Waals surface area contributed by atoms with Gasteiger partial charge in [0.2, 0.25) is 0 Å². The predicted octanol–water partition coefficient (Wildman–Crippen LogP) is -0.140. The zero-order valence-electron chi connectivity index (χ0n) is 5.34. The molecule has 0 amide bonds. The van der Waals surface area contributed by atoms with E-state index in [0.717, 1.165) is 0 Å². The Labute approximate surface area is 48.8 Å². The Balaban J connectivity index is 3.56. The summed E-state index contributed by atoms with van der Waals surface area (Å²) in [5.41, 5.74) is 1.90. The van der Waals surface area contributed by atoms with Crippen molar-refractivity contribution in [1.82, 2.24) is 10.5 Å². The summed E-state index contributed by atoms with van der Waals surface area (Å²) >= 11 is 0. The van der Waals surface area contributed by atoms with Gasteiger partial charge in [-0.1, -0.05) is 0 Å². The number of hydroxylamine groups is 1. The van der Waals surface area contributed by atoms with Crippen LogP contribution in [0.1, 0.15) is 6.92 Å². The first kappa shape index (κ1) is 7.23. The van der Waals surface area contributed by atoms with Crippen LogP contribution in [0.25, 0.3) is 0 Å². The quantitative estimate of drug-likeness (QED) is 0.285. The Morgan fingerprint density at radius 3 is 2.25 bits per heavy atom. The second-order valence-electron chi connectivity index (χ2n) is 1.64. The molecule has 0 bridgehead atoms. The SMILES string of the molecule is CC(=NN(C)C)NO. The van der Waals surface area contributed by atoms with Crippen LogP contribution in [0.5, 0.6) is 0 Å². The average Bonchev–Trinajstić information content (AvgIpc) is 1.65. The highest BCUT2D eigenvalue weighted by atomic mass is 16.5. The first-order valence-corrected chi connectivity index (χ1v) is 2.29. The van der Waals surface area contributed by atoms with Gasteiger partial charge in [-0.05, 0) is 6.92 Å². The number of nitrogens with zero attached hydrogens (tertiary/aromatic N) is 2. The molecular weight excluding hydrogens is 106 g/mol. The highest BCUT2D eigenvalue weighted by molar-refractivity contribution is 5.77. The summed E-state index contributed by atoms with van der Waals surface area (Å²) < 4.78 is 0. The van der Waals surface area contributed by atoms with Crippen LogP contribution in [-0.4, -0.2) is 30.1 Å². The second kappa shape index (κ2) is 3.26. The van der Waals surface area contributed by atoms with Crippen molar-refractivity contribution in [3.63, 3.8) is 0 Å². The maximum Gasteiger partial charge on any atom is 0.142 e. The molecule has 0 fully saturated rings. The van der Waals surface area contributed by atoms with Gasteiger partial charge in [0.05, 0.1) is 0 Å². The summed E-state index contributed by atoms with van der Waals surface area (Å²) in [6, 6.07) is 0. The van der Waals surface area contributed by atoms with Gasteiger partial charge in [0, 0.05) is 14.1 Å². The average molecular weight is 117 g/mol. The van der Waals surface area contributed by atoms with E-state index in [2.05, 4.69) is 5.10 Å². The summed E-state index contributed by atoms with van der Waals surface area (Å²) in [7, 11) is 3.56. The molecule has 0 aliphatic carbocycles. The van der Waals surface area contributed by atoms with E-state index < -0.39 is 0 Å². The zero-order valence-corrected chi connectivity index (χ0v) is 5.34. The van der Waals surface area contributed by atoms with Gasteiger partial charge in [-0.3, -0.25) is 10.7 Å². The fraction of sp³-hybridized carbons (Fsp3) is 0.750. The minimum atomic E-state index is 0.481. The van der Waals surface area contributed by atoms with Crippen molar-refractivity contribution in [2.75, 3.05) is 14.1 Å². The van der Waals surface area contributed by atoms with Gasteiger partial charge in [0.15, 0.2) is 0 Å². The fourth-order valence-corrected chi connectivity index (χ4v) is 0.322. The van der Waals surface area contributed by atoms with Gasteiger partial charge in [0.25, 0.3) is 0 Å². The van der Waals surface area contributed by atoms with E-state index in [-0.39, 0.29) is 0 Å². The van der Waals surface area contributed by atoms with Crippen LogP contribution in [0.15, 0.2) is 5.10 Å². The molecule has 0 aromatic rings. The van der Waals surface area contributed by atoms with Crippen LogP contribution in [-0.2, 0) is 0 Å². The smallest absolute Gasteiger partial charge is 0.142 e. The largest absolute Gasteiger partial charge is 0.301 e. The summed E-state index contributed by atoms with van der Waals surface area (Å²) in [6.07, 6.45) is 0. The van der Waals surface area contributed by atoms with Gasteiger partial charge in [0.1, 0.15) is 5.84 Å². The van der Waals surface area contributed by atoms with Gasteiger partial charge < -0.3 is 5.01 Å². The summed E-state index contributed by atoms with van der Waals surface area (Å²) in [5.74, 6) is 0.481. The van der Waals surface area contributed by atoms with Crippen LogP contribution < -0.4 is 5.48 Å². The summed E-state index contributed by atoms with van der Waals surface area (Å²) in [6.45, 7) is 1.67. The number of rotatable bonds is 1. The second-order valence-corrected chi connectivity index (χ2v) is 1.64. The van der Waals surface area contributed by atoms with E-state index in [1.165, 1.54) is 0 Å². The molecule has 0 aromatic heterocycles. The van der Waals surface area contributed by atoms with Gasteiger partial charge >= 0.3 is 0 Å². The minimum Gasteiger partial charge on any atom is -0.301 e. The van der Waals surface area contributed by atoms with Crippen molar-refractivity contribution in [2.45, 2.75) is 6.92 Å². The first-order chi connectivity index (χ1) is 3.66. The molecular formula is C4H11N3O. The predicted molar refractivity (Wildman–Crippen MR) is 31.7 cm³/mol. The Bertz CT molecular complexity index is 89.3. The van der Waals surface area contributed by atoms with Gasteiger partial charge in [-0.25, -0.2) is 0 Å². The third-order valence-electron chi connectivity index (χ3n) is 0.512. The number of nitrogens with one attached hydrogen (secondary N) is 1. The molecule has 0 atom stereocenters. The monoisotopic (exact) mass is 117 g/mol. The number of amidine groups is 1. The Hall–Kier alpha value is -0.770. The van der Waals surface area contributed by atoms with Crippen molar-refractivity contribution in [1.29, 1.82) is 0 Å². The lowest BCUT2D eigenvalue weighted by molar-refractivity contribution is 0.230. The molecule has 4 nitrogen and oxygen atoms in total. The highest BCUT2D eigenvalue weighted by Gasteiger charge is 1.82. The number of hydrogen-bond donors (Lipinski definition) is 2. The molecule has 0 radical (unpaired) electrons. The third kappa shape index (κ3) is 3.42. The van der Waals surface area contributed by atoms with Crippen molar-refractivity contribution in [3.05, 3.63) is 0 Å². The molecule has 0 saturated carbocycles. The molecule has 4 heteroatoms. The lowest BCUT2D eigenvalue weighted by Crippen LogP contribution is -2.18.